The second kappa shape index (κ2) is 7.28. The molecule has 2 aliphatic rings. The third-order valence-electron chi connectivity index (χ3n) is 4.80. The van der Waals surface area contributed by atoms with Gasteiger partial charge in [-0.3, -0.25) is 4.90 Å². The van der Waals surface area contributed by atoms with Crippen molar-refractivity contribution in [1.29, 1.82) is 0 Å². The molecule has 1 N–H and O–H groups in total. The van der Waals surface area contributed by atoms with Gasteiger partial charge in [0.1, 0.15) is 12.4 Å². The summed E-state index contributed by atoms with van der Waals surface area (Å²) in [6.07, 6.45) is 5.25. The Balaban J connectivity index is 1.50. The quantitative estimate of drug-likeness (QED) is 0.900. The molecule has 2 atom stereocenters. The third-order valence-corrected chi connectivity index (χ3v) is 4.80. The molecule has 0 radical (unpaired) electrons. The lowest BCUT2D eigenvalue weighted by molar-refractivity contribution is 0.237. The first-order valence-electron chi connectivity index (χ1n) is 8.50. The van der Waals surface area contributed by atoms with E-state index in [4.69, 9.17) is 4.74 Å². The Morgan fingerprint density at radius 1 is 1.24 bits per heavy atom. The van der Waals surface area contributed by atoms with Gasteiger partial charge in [0.2, 0.25) is 0 Å². The molecule has 0 aromatic heterocycles. The first-order valence-corrected chi connectivity index (χ1v) is 8.50. The Hall–Kier alpha value is -1.06. The molecular formula is C18H28N2O. The lowest BCUT2D eigenvalue weighted by Crippen LogP contribution is -2.31. The zero-order valence-electron chi connectivity index (χ0n) is 13.2. The van der Waals surface area contributed by atoms with Crippen molar-refractivity contribution < 1.29 is 4.74 Å². The van der Waals surface area contributed by atoms with Crippen LogP contribution in [0.15, 0.2) is 24.3 Å². The van der Waals surface area contributed by atoms with Crippen LogP contribution < -0.4 is 10.1 Å². The molecule has 3 nitrogen and oxygen atoms in total. The van der Waals surface area contributed by atoms with E-state index in [1.54, 1.807) is 0 Å². The first-order chi connectivity index (χ1) is 10.3. The molecule has 0 spiro atoms. The van der Waals surface area contributed by atoms with E-state index in [1.807, 2.05) is 0 Å². The van der Waals surface area contributed by atoms with Gasteiger partial charge in [0.05, 0.1) is 0 Å². The highest BCUT2D eigenvalue weighted by Crippen LogP contribution is 2.27. The Kier molecular flexibility index (Phi) is 5.15. The number of likely N-dealkylation sites (tertiary alicyclic amines) is 1. The van der Waals surface area contributed by atoms with E-state index in [1.165, 1.54) is 44.3 Å². The Morgan fingerprint density at radius 2 is 2.10 bits per heavy atom. The summed E-state index contributed by atoms with van der Waals surface area (Å²) in [6, 6.07) is 9.15. The lowest BCUT2D eigenvalue weighted by Gasteiger charge is -2.28. The summed E-state index contributed by atoms with van der Waals surface area (Å²) < 4.78 is 5.95. The number of nitrogens with zero attached hydrogens (tertiary/aromatic N) is 1. The van der Waals surface area contributed by atoms with Crippen LogP contribution in [-0.4, -0.2) is 37.7 Å². The van der Waals surface area contributed by atoms with Gasteiger partial charge in [0.15, 0.2) is 0 Å². The van der Waals surface area contributed by atoms with Crippen LogP contribution in [0.25, 0.3) is 0 Å². The van der Waals surface area contributed by atoms with Crippen LogP contribution in [0, 0.1) is 5.92 Å². The maximum atomic E-state index is 5.95. The van der Waals surface area contributed by atoms with Crippen molar-refractivity contribution in [2.24, 2.45) is 5.92 Å². The second-order valence-electron chi connectivity index (χ2n) is 6.61. The smallest absolute Gasteiger partial charge is 0.119 e. The standard InChI is InChI=1S/C18H28N2O/c1-15-7-8-18(19-14-15)16-5-4-6-17(13-16)21-12-11-20-9-2-3-10-20/h4-6,13,15,18-19H,2-3,7-12,14H2,1H3/t15?,18-/m0/s1. The van der Waals surface area contributed by atoms with E-state index >= 15 is 0 Å². The summed E-state index contributed by atoms with van der Waals surface area (Å²) in [5.74, 6) is 1.83. The van der Waals surface area contributed by atoms with Gasteiger partial charge in [-0.1, -0.05) is 19.1 Å². The van der Waals surface area contributed by atoms with Gasteiger partial charge in [-0.25, -0.2) is 0 Å². The molecule has 2 heterocycles. The fourth-order valence-corrected chi connectivity index (χ4v) is 3.40. The molecule has 2 fully saturated rings. The van der Waals surface area contributed by atoms with Gasteiger partial charge < -0.3 is 10.1 Å². The van der Waals surface area contributed by atoms with Crippen LogP contribution in [0.1, 0.15) is 44.2 Å². The Labute approximate surface area is 128 Å². The highest BCUT2D eigenvalue weighted by Gasteiger charge is 2.19. The van der Waals surface area contributed by atoms with E-state index in [9.17, 15) is 0 Å². The van der Waals surface area contributed by atoms with Crippen molar-refractivity contribution in [2.45, 2.75) is 38.6 Å². The largest absolute Gasteiger partial charge is 0.492 e. The molecule has 0 amide bonds. The molecule has 0 aliphatic carbocycles. The van der Waals surface area contributed by atoms with Gasteiger partial charge in [-0.15, -0.1) is 0 Å². The predicted molar refractivity (Wildman–Crippen MR) is 86.8 cm³/mol. The zero-order chi connectivity index (χ0) is 14.5. The number of benzene rings is 1. The number of nitrogens with one attached hydrogen (secondary N) is 1. The van der Waals surface area contributed by atoms with Gasteiger partial charge >= 0.3 is 0 Å². The fraction of sp³-hybridized carbons (Fsp3) is 0.667. The minimum Gasteiger partial charge on any atom is -0.492 e. The molecule has 3 rings (SSSR count). The molecule has 0 bridgehead atoms. The lowest BCUT2D eigenvalue weighted by atomic mass is 9.92. The summed E-state index contributed by atoms with van der Waals surface area (Å²) in [7, 11) is 0. The number of rotatable bonds is 5. The van der Waals surface area contributed by atoms with Crippen LogP contribution in [0.5, 0.6) is 5.75 Å². The average Bonchev–Trinajstić information content (AvgIpc) is 3.02. The van der Waals surface area contributed by atoms with E-state index in [2.05, 4.69) is 41.4 Å². The van der Waals surface area contributed by atoms with E-state index in [0.29, 0.717) is 6.04 Å². The van der Waals surface area contributed by atoms with Gasteiger partial charge in [-0.05, 0) is 68.9 Å². The molecule has 2 aliphatic heterocycles. The zero-order valence-corrected chi connectivity index (χ0v) is 13.2. The first kappa shape index (κ1) is 14.9. The topological polar surface area (TPSA) is 24.5 Å². The molecule has 2 saturated heterocycles. The summed E-state index contributed by atoms with van der Waals surface area (Å²) in [4.78, 5) is 2.49. The van der Waals surface area contributed by atoms with E-state index in [0.717, 1.165) is 31.4 Å². The molecule has 1 aromatic carbocycles. The van der Waals surface area contributed by atoms with Gasteiger partial charge in [0.25, 0.3) is 0 Å². The van der Waals surface area contributed by atoms with Crippen LogP contribution in [-0.2, 0) is 0 Å². The van der Waals surface area contributed by atoms with E-state index in [-0.39, 0.29) is 0 Å². The van der Waals surface area contributed by atoms with Crippen molar-refractivity contribution in [3.8, 4) is 5.75 Å². The van der Waals surface area contributed by atoms with Crippen molar-refractivity contribution >= 4 is 0 Å². The maximum absolute atomic E-state index is 5.95. The normalized spacial score (nSPS) is 26.9. The molecule has 21 heavy (non-hydrogen) atoms. The van der Waals surface area contributed by atoms with Crippen molar-refractivity contribution in [2.75, 3.05) is 32.8 Å². The van der Waals surface area contributed by atoms with Crippen molar-refractivity contribution in [3.05, 3.63) is 29.8 Å². The van der Waals surface area contributed by atoms with Gasteiger partial charge in [0, 0.05) is 12.6 Å². The summed E-state index contributed by atoms with van der Waals surface area (Å²) in [6.45, 7) is 7.80. The Bertz CT molecular complexity index is 435. The molecule has 3 heteroatoms. The molecule has 116 valence electrons. The number of piperidine rings is 1. The number of hydrogen-bond acceptors (Lipinski definition) is 3. The highest BCUT2D eigenvalue weighted by atomic mass is 16.5. The van der Waals surface area contributed by atoms with Crippen LogP contribution in [0.2, 0.25) is 0 Å². The van der Waals surface area contributed by atoms with Crippen LogP contribution in [0.4, 0.5) is 0 Å². The monoisotopic (exact) mass is 288 g/mol. The number of hydrogen-bond donors (Lipinski definition) is 1. The third kappa shape index (κ3) is 4.21. The molecule has 1 aromatic rings. The fourth-order valence-electron chi connectivity index (χ4n) is 3.40. The maximum Gasteiger partial charge on any atom is 0.119 e. The van der Waals surface area contributed by atoms with Crippen molar-refractivity contribution in [1.82, 2.24) is 10.2 Å². The number of ether oxygens (including phenoxy) is 1. The van der Waals surface area contributed by atoms with E-state index < -0.39 is 0 Å². The average molecular weight is 288 g/mol. The predicted octanol–water partition coefficient (Wildman–Crippen LogP) is 3.22. The second-order valence-corrected chi connectivity index (χ2v) is 6.61. The molecular weight excluding hydrogens is 260 g/mol. The minimum atomic E-state index is 0.503. The molecule has 1 unspecified atom stereocenters. The summed E-state index contributed by atoms with van der Waals surface area (Å²) >= 11 is 0. The minimum absolute atomic E-state index is 0.503. The van der Waals surface area contributed by atoms with Crippen LogP contribution in [0.3, 0.4) is 0 Å². The van der Waals surface area contributed by atoms with Crippen LogP contribution >= 0.6 is 0 Å². The Morgan fingerprint density at radius 3 is 2.86 bits per heavy atom. The molecule has 0 saturated carbocycles. The summed E-state index contributed by atoms with van der Waals surface area (Å²) in [5, 5.41) is 3.65. The van der Waals surface area contributed by atoms with Crippen molar-refractivity contribution in [3.63, 3.8) is 0 Å². The summed E-state index contributed by atoms with van der Waals surface area (Å²) in [5.41, 5.74) is 1.38. The van der Waals surface area contributed by atoms with Gasteiger partial charge in [-0.2, -0.15) is 0 Å². The SMILES string of the molecule is CC1CC[C@@H](c2cccc(OCCN3CCCC3)c2)NC1. The highest BCUT2D eigenvalue weighted by molar-refractivity contribution is 5.30.